The van der Waals surface area contributed by atoms with Gasteiger partial charge in [-0.15, -0.1) is 0 Å². The first kappa shape index (κ1) is 14.1. The maximum absolute atomic E-state index is 13.5. The van der Waals surface area contributed by atoms with E-state index in [4.69, 9.17) is 0 Å². The van der Waals surface area contributed by atoms with Crippen LogP contribution >= 0.6 is 31.9 Å². The van der Waals surface area contributed by atoms with Crippen LogP contribution in [0.5, 0.6) is 0 Å². The molecule has 2 aromatic carbocycles. The lowest BCUT2D eigenvalue weighted by Crippen LogP contribution is -2.14. The number of hydrogen-bond acceptors (Lipinski definition) is 1. The molecule has 2 aromatic rings. The van der Waals surface area contributed by atoms with Crippen LogP contribution in [-0.4, -0.2) is 5.91 Å². The Bertz CT molecular complexity index is 647. The molecule has 0 radical (unpaired) electrons. The van der Waals surface area contributed by atoms with Crippen LogP contribution in [0.15, 0.2) is 45.3 Å². The molecular formula is C13H7Br2F2NO. The molecule has 1 N–H and O–H groups in total. The number of hydrogen-bond donors (Lipinski definition) is 1. The summed E-state index contributed by atoms with van der Waals surface area (Å²) in [5.74, 6) is -2.93. The molecule has 0 bridgehead atoms. The Morgan fingerprint density at radius 3 is 2.58 bits per heavy atom. The fourth-order valence-electron chi connectivity index (χ4n) is 1.46. The van der Waals surface area contributed by atoms with E-state index >= 15 is 0 Å². The van der Waals surface area contributed by atoms with Crippen molar-refractivity contribution in [1.29, 1.82) is 0 Å². The molecule has 0 heterocycles. The number of anilines is 1. The Hall–Kier alpha value is -1.27. The zero-order valence-corrected chi connectivity index (χ0v) is 12.6. The van der Waals surface area contributed by atoms with Crippen LogP contribution in [0, 0.1) is 11.6 Å². The Labute approximate surface area is 125 Å². The third-order valence-corrected chi connectivity index (χ3v) is 3.56. The standard InChI is InChI=1S/C13H7Br2F2NO/c14-7-4-5-9(15)11(6-7)18-13(19)8-2-1-3-10(16)12(8)17/h1-6H,(H,18,19). The molecule has 1 amide bonds. The third-order valence-electron chi connectivity index (χ3n) is 2.37. The highest BCUT2D eigenvalue weighted by atomic mass is 79.9. The number of amides is 1. The molecule has 6 heteroatoms. The van der Waals surface area contributed by atoms with Crippen LogP contribution in [0.25, 0.3) is 0 Å². The number of rotatable bonds is 2. The average molecular weight is 391 g/mol. The molecule has 0 aliphatic carbocycles. The summed E-state index contributed by atoms with van der Waals surface area (Å²) in [7, 11) is 0. The van der Waals surface area contributed by atoms with Gasteiger partial charge in [0.15, 0.2) is 11.6 Å². The second kappa shape index (κ2) is 5.79. The average Bonchev–Trinajstić information content (AvgIpc) is 2.37. The highest BCUT2D eigenvalue weighted by molar-refractivity contribution is 9.11. The summed E-state index contributed by atoms with van der Waals surface area (Å²) in [4.78, 5) is 11.9. The van der Waals surface area contributed by atoms with E-state index in [-0.39, 0.29) is 5.56 Å². The smallest absolute Gasteiger partial charge is 0.258 e. The van der Waals surface area contributed by atoms with Crippen molar-refractivity contribution in [3.05, 3.63) is 62.5 Å². The molecule has 2 nitrogen and oxygen atoms in total. The van der Waals surface area contributed by atoms with E-state index in [1.54, 1.807) is 18.2 Å². The third kappa shape index (κ3) is 3.19. The monoisotopic (exact) mass is 389 g/mol. The van der Waals surface area contributed by atoms with Crippen LogP contribution in [0.3, 0.4) is 0 Å². The minimum absolute atomic E-state index is 0.341. The van der Waals surface area contributed by atoms with Gasteiger partial charge in [0.2, 0.25) is 0 Å². The van der Waals surface area contributed by atoms with Gasteiger partial charge in [-0.3, -0.25) is 4.79 Å². The molecule has 0 saturated carbocycles. The van der Waals surface area contributed by atoms with Gasteiger partial charge in [0.25, 0.3) is 5.91 Å². The summed E-state index contributed by atoms with van der Waals surface area (Å²) >= 11 is 6.52. The van der Waals surface area contributed by atoms with Crippen molar-refractivity contribution in [1.82, 2.24) is 0 Å². The van der Waals surface area contributed by atoms with Crippen LogP contribution in [0.2, 0.25) is 0 Å². The molecule has 0 fully saturated rings. The zero-order valence-electron chi connectivity index (χ0n) is 9.38. The van der Waals surface area contributed by atoms with E-state index in [9.17, 15) is 13.6 Å². The first-order chi connectivity index (χ1) is 8.99. The fraction of sp³-hybridized carbons (Fsp3) is 0. The number of carbonyl (C=O) groups excluding carboxylic acids is 1. The van der Waals surface area contributed by atoms with Gasteiger partial charge in [-0.2, -0.15) is 0 Å². The topological polar surface area (TPSA) is 29.1 Å². The van der Waals surface area contributed by atoms with Crippen LogP contribution < -0.4 is 5.32 Å². The quantitative estimate of drug-likeness (QED) is 0.788. The SMILES string of the molecule is O=C(Nc1cc(Br)ccc1Br)c1cccc(F)c1F. The molecular weight excluding hydrogens is 384 g/mol. The van der Waals surface area contributed by atoms with Crippen molar-refractivity contribution in [3.63, 3.8) is 0 Å². The van der Waals surface area contributed by atoms with Gasteiger partial charge in [0.05, 0.1) is 11.3 Å². The Morgan fingerprint density at radius 2 is 1.84 bits per heavy atom. The van der Waals surface area contributed by atoms with Gasteiger partial charge in [0, 0.05) is 8.95 Å². The number of nitrogens with one attached hydrogen (secondary N) is 1. The maximum Gasteiger partial charge on any atom is 0.258 e. The largest absolute Gasteiger partial charge is 0.321 e. The Morgan fingerprint density at radius 1 is 1.11 bits per heavy atom. The molecule has 0 aliphatic rings. The van der Waals surface area contributed by atoms with Gasteiger partial charge < -0.3 is 5.32 Å². The Balaban J connectivity index is 2.31. The first-order valence-electron chi connectivity index (χ1n) is 5.19. The molecule has 98 valence electrons. The van der Waals surface area contributed by atoms with E-state index < -0.39 is 17.5 Å². The minimum atomic E-state index is -1.16. The molecule has 19 heavy (non-hydrogen) atoms. The first-order valence-corrected chi connectivity index (χ1v) is 6.78. The van der Waals surface area contributed by atoms with Gasteiger partial charge in [0.1, 0.15) is 0 Å². The van der Waals surface area contributed by atoms with Gasteiger partial charge in [-0.1, -0.05) is 22.0 Å². The second-order valence-electron chi connectivity index (χ2n) is 3.68. The number of carbonyl (C=O) groups is 1. The van der Waals surface area contributed by atoms with Crippen LogP contribution in [0.1, 0.15) is 10.4 Å². The molecule has 0 saturated heterocycles. The Kier molecular flexibility index (Phi) is 4.31. The van der Waals surface area contributed by atoms with E-state index in [1.807, 2.05) is 0 Å². The van der Waals surface area contributed by atoms with E-state index in [0.717, 1.165) is 10.5 Å². The van der Waals surface area contributed by atoms with Crippen molar-refractivity contribution in [3.8, 4) is 0 Å². The van der Waals surface area contributed by atoms with E-state index in [2.05, 4.69) is 37.2 Å². The lowest BCUT2D eigenvalue weighted by molar-refractivity contribution is 0.102. The number of halogens is 4. The minimum Gasteiger partial charge on any atom is -0.321 e. The molecule has 0 unspecified atom stereocenters. The highest BCUT2D eigenvalue weighted by Crippen LogP contribution is 2.27. The molecule has 0 spiro atoms. The predicted molar refractivity (Wildman–Crippen MR) is 76.2 cm³/mol. The molecule has 0 aromatic heterocycles. The summed E-state index contributed by atoms with van der Waals surface area (Å²) < 4.78 is 27.9. The summed E-state index contributed by atoms with van der Waals surface area (Å²) in [6.07, 6.45) is 0. The van der Waals surface area contributed by atoms with Gasteiger partial charge >= 0.3 is 0 Å². The van der Waals surface area contributed by atoms with Crippen molar-refractivity contribution in [2.45, 2.75) is 0 Å². The number of benzene rings is 2. The summed E-state index contributed by atoms with van der Waals surface area (Å²) in [6, 6.07) is 8.62. The molecule has 0 aliphatic heterocycles. The van der Waals surface area contributed by atoms with Crippen LogP contribution in [0.4, 0.5) is 14.5 Å². The second-order valence-corrected chi connectivity index (χ2v) is 5.45. The summed E-state index contributed by atoms with van der Waals surface area (Å²) in [6.45, 7) is 0. The van der Waals surface area contributed by atoms with Gasteiger partial charge in [-0.05, 0) is 46.3 Å². The molecule has 2 rings (SSSR count). The fourth-order valence-corrected chi connectivity index (χ4v) is 2.17. The summed E-state index contributed by atoms with van der Waals surface area (Å²) in [5.41, 5.74) is 0.120. The van der Waals surface area contributed by atoms with Crippen LogP contribution in [-0.2, 0) is 0 Å². The predicted octanol–water partition coefficient (Wildman–Crippen LogP) is 4.74. The molecule has 0 atom stereocenters. The lowest BCUT2D eigenvalue weighted by Gasteiger charge is -2.08. The normalized spacial score (nSPS) is 10.3. The van der Waals surface area contributed by atoms with E-state index in [1.165, 1.54) is 12.1 Å². The van der Waals surface area contributed by atoms with Crippen molar-refractivity contribution in [2.24, 2.45) is 0 Å². The van der Waals surface area contributed by atoms with Crippen molar-refractivity contribution in [2.75, 3.05) is 5.32 Å². The van der Waals surface area contributed by atoms with Crippen molar-refractivity contribution < 1.29 is 13.6 Å². The van der Waals surface area contributed by atoms with Crippen molar-refractivity contribution >= 4 is 43.5 Å². The maximum atomic E-state index is 13.5. The lowest BCUT2D eigenvalue weighted by atomic mass is 10.2. The zero-order chi connectivity index (χ0) is 14.0. The van der Waals surface area contributed by atoms with Gasteiger partial charge in [-0.25, -0.2) is 8.78 Å². The van der Waals surface area contributed by atoms with E-state index in [0.29, 0.717) is 10.2 Å². The summed E-state index contributed by atoms with van der Waals surface area (Å²) in [5, 5.41) is 2.51. The highest BCUT2D eigenvalue weighted by Gasteiger charge is 2.16.